The number of nitrogens with one attached hydrogen (secondary N) is 1. The summed E-state index contributed by atoms with van der Waals surface area (Å²) in [6.07, 6.45) is 5.94. The van der Waals surface area contributed by atoms with Crippen molar-refractivity contribution in [2.75, 3.05) is 5.32 Å². The van der Waals surface area contributed by atoms with Gasteiger partial charge in [0, 0.05) is 6.07 Å². The standard InChI is InChI=1S/C12H12N2O4/c15-11(13-8-3-4-18-14-8)9-6-1-2-7(5-6)10(9)12(16)17/h1-4,6-7,9-10H,5H2,(H,16,17)(H,13,14,15)/t6-,7-,9+,10+/m0/s1. The van der Waals surface area contributed by atoms with E-state index in [1.165, 1.54) is 12.3 Å². The minimum absolute atomic E-state index is 0.0167. The van der Waals surface area contributed by atoms with Gasteiger partial charge in [0.15, 0.2) is 5.82 Å². The maximum atomic E-state index is 12.1. The molecule has 94 valence electrons. The van der Waals surface area contributed by atoms with E-state index < -0.39 is 17.8 Å². The molecule has 0 radical (unpaired) electrons. The minimum atomic E-state index is -0.910. The summed E-state index contributed by atoms with van der Waals surface area (Å²) < 4.78 is 4.62. The third-order valence-electron chi connectivity index (χ3n) is 3.74. The highest BCUT2D eigenvalue weighted by Gasteiger charge is 2.51. The van der Waals surface area contributed by atoms with Crippen molar-refractivity contribution in [1.82, 2.24) is 5.16 Å². The van der Waals surface area contributed by atoms with Crippen molar-refractivity contribution in [2.24, 2.45) is 23.7 Å². The maximum absolute atomic E-state index is 12.1. The van der Waals surface area contributed by atoms with Gasteiger partial charge in [-0.15, -0.1) is 0 Å². The van der Waals surface area contributed by atoms with Crippen LogP contribution in [0.1, 0.15) is 6.42 Å². The molecule has 1 heterocycles. The number of carboxylic acid groups (broad SMARTS) is 1. The van der Waals surface area contributed by atoms with Crippen LogP contribution in [0.25, 0.3) is 0 Å². The molecular formula is C12H12N2O4. The number of allylic oxidation sites excluding steroid dienone is 2. The topological polar surface area (TPSA) is 92.4 Å². The first-order valence-corrected chi connectivity index (χ1v) is 5.79. The smallest absolute Gasteiger partial charge is 0.307 e. The number of aliphatic carboxylic acids is 1. The Morgan fingerprint density at radius 3 is 2.67 bits per heavy atom. The van der Waals surface area contributed by atoms with Crippen LogP contribution >= 0.6 is 0 Å². The molecule has 1 amide bonds. The number of anilines is 1. The second kappa shape index (κ2) is 3.97. The molecule has 1 fully saturated rings. The van der Waals surface area contributed by atoms with Crippen molar-refractivity contribution < 1.29 is 19.2 Å². The molecule has 2 aliphatic carbocycles. The van der Waals surface area contributed by atoms with Crippen molar-refractivity contribution in [2.45, 2.75) is 6.42 Å². The Hall–Kier alpha value is -2.11. The van der Waals surface area contributed by atoms with E-state index in [1.54, 1.807) is 0 Å². The fraction of sp³-hybridized carbons (Fsp3) is 0.417. The number of carbonyl (C=O) groups excluding carboxylic acids is 1. The van der Waals surface area contributed by atoms with Crippen LogP contribution in [0.5, 0.6) is 0 Å². The van der Waals surface area contributed by atoms with Crippen LogP contribution in [-0.2, 0) is 9.59 Å². The average Bonchev–Trinajstić information content (AvgIpc) is 3.03. The van der Waals surface area contributed by atoms with E-state index in [0.717, 1.165) is 6.42 Å². The molecule has 1 aromatic heterocycles. The summed E-state index contributed by atoms with van der Waals surface area (Å²) in [7, 11) is 0. The van der Waals surface area contributed by atoms with E-state index in [0.29, 0.717) is 5.82 Å². The molecule has 1 aromatic rings. The molecule has 0 aromatic carbocycles. The molecule has 6 nitrogen and oxygen atoms in total. The molecule has 0 spiro atoms. The number of hydrogen-bond acceptors (Lipinski definition) is 4. The average molecular weight is 248 g/mol. The number of carboxylic acids is 1. The lowest BCUT2D eigenvalue weighted by Crippen LogP contribution is -2.36. The molecule has 0 saturated heterocycles. The number of carbonyl (C=O) groups is 2. The first-order chi connectivity index (χ1) is 8.66. The summed E-state index contributed by atoms with van der Waals surface area (Å²) in [6, 6.07) is 1.52. The van der Waals surface area contributed by atoms with Crippen LogP contribution < -0.4 is 5.32 Å². The normalized spacial score (nSPS) is 32.7. The number of fused-ring (bicyclic) bond motifs is 2. The van der Waals surface area contributed by atoms with Crippen molar-refractivity contribution in [1.29, 1.82) is 0 Å². The summed E-state index contributed by atoms with van der Waals surface area (Å²) in [5.74, 6) is -2.05. The Labute approximate surface area is 103 Å². The van der Waals surface area contributed by atoms with Crippen LogP contribution in [0.3, 0.4) is 0 Å². The van der Waals surface area contributed by atoms with Gasteiger partial charge in [-0.05, 0) is 18.3 Å². The van der Waals surface area contributed by atoms with Crippen LogP contribution in [0.2, 0.25) is 0 Å². The van der Waals surface area contributed by atoms with Crippen molar-refractivity contribution in [3.05, 3.63) is 24.5 Å². The zero-order valence-corrected chi connectivity index (χ0v) is 9.45. The van der Waals surface area contributed by atoms with Crippen LogP contribution in [0.4, 0.5) is 5.82 Å². The highest BCUT2D eigenvalue weighted by Crippen LogP contribution is 2.48. The zero-order chi connectivity index (χ0) is 12.7. The summed E-state index contributed by atoms with van der Waals surface area (Å²) in [4.78, 5) is 23.4. The highest BCUT2D eigenvalue weighted by molar-refractivity contribution is 5.95. The lowest BCUT2D eigenvalue weighted by atomic mass is 9.82. The predicted molar refractivity (Wildman–Crippen MR) is 60.5 cm³/mol. The van der Waals surface area contributed by atoms with Crippen LogP contribution in [0, 0.1) is 23.7 Å². The second-order valence-electron chi connectivity index (χ2n) is 4.71. The quantitative estimate of drug-likeness (QED) is 0.782. The van der Waals surface area contributed by atoms with Gasteiger partial charge in [0.1, 0.15) is 6.26 Å². The van der Waals surface area contributed by atoms with Gasteiger partial charge >= 0.3 is 5.97 Å². The van der Waals surface area contributed by atoms with E-state index in [-0.39, 0.29) is 17.7 Å². The number of aromatic nitrogens is 1. The van der Waals surface area contributed by atoms with Crippen LogP contribution in [-0.4, -0.2) is 22.1 Å². The highest BCUT2D eigenvalue weighted by atomic mass is 16.5. The number of amides is 1. The first kappa shape index (κ1) is 11.0. The van der Waals surface area contributed by atoms with Crippen molar-refractivity contribution >= 4 is 17.7 Å². The van der Waals surface area contributed by atoms with E-state index in [9.17, 15) is 14.7 Å². The van der Waals surface area contributed by atoms with Gasteiger partial charge < -0.3 is 14.9 Å². The summed E-state index contributed by atoms with van der Waals surface area (Å²) in [5.41, 5.74) is 0. The van der Waals surface area contributed by atoms with Gasteiger partial charge in [-0.1, -0.05) is 17.3 Å². The third kappa shape index (κ3) is 1.61. The van der Waals surface area contributed by atoms with E-state index in [4.69, 9.17) is 0 Å². The molecule has 18 heavy (non-hydrogen) atoms. The predicted octanol–water partition coefficient (Wildman–Crippen LogP) is 1.14. The Balaban J connectivity index is 1.80. The van der Waals surface area contributed by atoms with Crippen molar-refractivity contribution in [3.63, 3.8) is 0 Å². The Bertz CT molecular complexity index is 508. The Morgan fingerprint density at radius 2 is 2.06 bits per heavy atom. The van der Waals surface area contributed by atoms with Crippen LogP contribution in [0.15, 0.2) is 29.0 Å². The largest absolute Gasteiger partial charge is 0.481 e. The fourth-order valence-electron chi connectivity index (χ4n) is 3.00. The molecule has 2 N–H and O–H groups in total. The van der Waals surface area contributed by atoms with E-state index in [1.807, 2.05) is 12.2 Å². The number of nitrogens with zero attached hydrogens (tertiary/aromatic N) is 1. The molecule has 0 unspecified atom stereocenters. The third-order valence-corrected chi connectivity index (χ3v) is 3.74. The zero-order valence-electron chi connectivity index (χ0n) is 9.45. The van der Waals surface area contributed by atoms with Gasteiger partial charge in [0.25, 0.3) is 0 Å². The lowest BCUT2D eigenvalue weighted by molar-refractivity contribution is -0.146. The molecule has 2 bridgehead atoms. The van der Waals surface area contributed by atoms with Gasteiger partial charge in [-0.3, -0.25) is 9.59 Å². The molecular weight excluding hydrogens is 236 g/mol. The molecule has 1 saturated carbocycles. The summed E-state index contributed by atoms with van der Waals surface area (Å²) in [5, 5.41) is 15.4. The van der Waals surface area contributed by atoms with Crippen molar-refractivity contribution in [3.8, 4) is 0 Å². The SMILES string of the molecule is O=C(O)[C@H]1[C@H](C(=O)Nc2ccon2)[C@H]2C=C[C@H]1C2. The molecule has 0 aliphatic heterocycles. The maximum Gasteiger partial charge on any atom is 0.307 e. The Morgan fingerprint density at radius 1 is 1.33 bits per heavy atom. The molecule has 6 heteroatoms. The lowest BCUT2D eigenvalue weighted by Gasteiger charge is -2.23. The summed E-state index contributed by atoms with van der Waals surface area (Å²) >= 11 is 0. The molecule has 3 rings (SSSR count). The molecule has 2 aliphatic rings. The monoisotopic (exact) mass is 248 g/mol. The Kier molecular flexibility index (Phi) is 2.43. The van der Waals surface area contributed by atoms with E-state index in [2.05, 4.69) is 15.0 Å². The first-order valence-electron chi connectivity index (χ1n) is 5.79. The van der Waals surface area contributed by atoms with Gasteiger partial charge in [0.05, 0.1) is 11.8 Å². The minimum Gasteiger partial charge on any atom is -0.481 e. The fourth-order valence-corrected chi connectivity index (χ4v) is 3.00. The van der Waals surface area contributed by atoms with Gasteiger partial charge in [-0.2, -0.15) is 0 Å². The van der Waals surface area contributed by atoms with Gasteiger partial charge in [-0.25, -0.2) is 0 Å². The van der Waals surface area contributed by atoms with Gasteiger partial charge in [0.2, 0.25) is 5.91 Å². The summed E-state index contributed by atoms with van der Waals surface area (Å²) in [6.45, 7) is 0. The molecule has 4 atom stereocenters. The number of rotatable bonds is 3. The van der Waals surface area contributed by atoms with E-state index >= 15 is 0 Å². The second-order valence-corrected chi connectivity index (χ2v) is 4.71. The number of hydrogen-bond donors (Lipinski definition) is 2.